The molecule has 2 aliphatic rings. The van der Waals surface area contributed by atoms with Crippen molar-refractivity contribution in [2.24, 2.45) is 0 Å². The highest BCUT2D eigenvalue weighted by Gasteiger charge is 2.45. The van der Waals surface area contributed by atoms with Crippen LogP contribution in [-0.2, 0) is 14.3 Å². The molecule has 0 bridgehead atoms. The summed E-state index contributed by atoms with van der Waals surface area (Å²) in [6.45, 7) is 2.82. The van der Waals surface area contributed by atoms with Gasteiger partial charge in [0.2, 0.25) is 5.91 Å². The zero-order chi connectivity index (χ0) is 24.6. The molecule has 0 radical (unpaired) electrons. The second kappa shape index (κ2) is 10.0. The Kier molecular flexibility index (Phi) is 7.25. The minimum atomic E-state index is -1.39. The summed E-state index contributed by atoms with van der Waals surface area (Å²) in [7, 11) is 0. The molecule has 8 nitrogen and oxygen atoms in total. The number of aliphatic hydroxyl groups is 3. The molecule has 2 aliphatic heterocycles. The van der Waals surface area contributed by atoms with Gasteiger partial charge >= 0.3 is 5.97 Å². The first kappa shape index (κ1) is 24.6. The number of benzene rings is 2. The summed E-state index contributed by atoms with van der Waals surface area (Å²) in [6.07, 6.45) is -5.66. The third kappa shape index (κ3) is 4.69. The quantitative estimate of drug-likeness (QED) is 0.544. The van der Waals surface area contributed by atoms with E-state index < -0.39 is 43.1 Å². The monoisotopic (exact) mass is 491 g/mol. The van der Waals surface area contributed by atoms with Crippen LogP contribution >= 0.6 is 11.8 Å². The van der Waals surface area contributed by atoms with Crippen LogP contribution in [0.25, 0.3) is 0 Å². The molecule has 2 unspecified atom stereocenters. The van der Waals surface area contributed by atoms with Crippen LogP contribution in [0.15, 0.2) is 42.5 Å². The number of rotatable bonds is 5. The number of carbonyl (C=O) groups is 2. The molecule has 1 amide bonds. The molecule has 2 aromatic carbocycles. The largest absolute Gasteiger partial charge is 0.453 e. The molecule has 2 fully saturated rings. The number of ether oxygens (including phenoxy) is 2. The summed E-state index contributed by atoms with van der Waals surface area (Å²) in [5.41, 5.74) is 2.22. The standard InChI is InChI=1S/C24H26FNO7S/c1-12-9-15(24(31)33-22-20(29)13(2)32-18(10-27)21(22)30)5-8-17(12)26-19(28)11-34-23(26)14-3-6-16(25)7-4-14/h3-9,13,18,20-23,27,29-30H,10-11H2,1-2H3/t13?,18-,20+,21-,22-,23?/m1/s1. The van der Waals surface area contributed by atoms with E-state index in [-0.39, 0.29) is 28.4 Å². The molecule has 3 N–H and O–H groups in total. The Morgan fingerprint density at radius 1 is 1.21 bits per heavy atom. The molecule has 0 aliphatic carbocycles. The van der Waals surface area contributed by atoms with E-state index in [1.54, 1.807) is 43.0 Å². The van der Waals surface area contributed by atoms with Gasteiger partial charge in [-0.1, -0.05) is 12.1 Å². The lowest BCUT2D eigenvalue weighted by Crippen LogP contribution is -2.59. The van der Waals surface area contributed by atoms with Crippen LogP contribution < -0.4 is 4.90 Å². The molecule has 6 atom stereocenters. The highest BCUT2D eigenvalue weighted by atomic mass is 32.2. The minimum Gasteiger partial charge on any atom is -0.453 e. The molecule has 34 heavy (non-hydrogen) atoms. The van der Waals surface area contributed by atoms with Gasteiger partial charge in [0.15, 0.2) is 6.10 Å². The molecule has 2 aromatic rings. The van der Waals surface area contributed by atoms with Gasteiger partial charge in [-0.05, 0) is 55.3 Å². The van der Waals surface area contributed by atoms with Crippen molar-refractivity contribution < 1.29 is 38.8 Å². The highest BCUT2D eigenvalue weighted by Crippen LogP contribution is 2.43. The zero-order valence-electron chi connectivity index (χ0n) is 18.6. The first-order chi connectivity index (χ1) is 16.2. The van der Waals surface area contributed by atoms with Crippen LogP contribution in [0.2, 0.25) is 0 Å². The summed E-state index contributed by atoms with van der Waals surface area (Å²) in [6, 6.07) is 10.7. The Bertz CT molecular complexity index is 1070. The van der Waals surface area contributed by atoms with Crippen LogP contribution in [0.5, 0.6) is 0 Å². The van der Waals surface area contributed by atoms with Crippen molar-refractivity contribution >= 4 is 29.3 Å². The number of aryl methyl sites for hydroxylation is 1. The van der Waals surface area contributed by atoms with Crippen molar-refractivity contribution in [2.75, 3.05) is 17.3 Å². The SMILES string of the molecule is Cc1cc(C(=O)O[C@H]2[C@H](O)[C@@H](CO)OC(C)[C@@H]2O)ccc1N1C(=O)CSC1c1ccc(F)cc1. The minimum absolute atomic E-state index is 0.102. The average molecular weight is 492 g/mol. The van der Waals surface area contributed by atoms with E-state index in [0.717, 1.165) is 5.56 Å². The van der Waals surface area contributed by atoms with Gasteiger partial charge in [-0.3, -0.25) is 9.69 Å². The molecule has 182 valence electrons. The fraction of sp³-hybridized carbons (Fsp3) is 0.417. The van der Waals surface area contributed by atoms with E-state index in [4.69, 9.17) is 9.47 Å². The van der Waals surface area contributed by atoms with Crippen LogP contribution in [0.4, 0.5) is 10.1 Å². The summed E-state index contributed by atoms with van der Waals surface area (Å²) >= 11 is 1.43. The lowest BCUT2D eigenvalue weighted by atomic mass is 9.95. The number of hydrogen-bond donors (Lipinski definition) is 3. The number of amides is 1. The van der Waals surface area contributed by atoms with Gasteiger partial charge in [-0.2, -0.15) is 0 Å². The van der Waals surface area contributed by atoms with Crippen molar-refractivity contribution in [1.29, 1.82) is 0 Å². The predicted molar refractivity (Wildman–Crippen MR) is 123 cm³/mol. The second-order valence-corrected chi connectivity index (χ2v) is 9.46. The Hall–Kier alpha value is -2.50. The molecule has 2 saturated heterocycles. The summed E-state index contributed by atoms with van der Waals surface area (Å²) in [4.78, 5) is 27.1. The van der Waals surface area contributed by atoms with Gasteiger partial charge in [-0.25, -0.2) is 9.18 Å². The van der Waals surface area contributed by atoms with E-state index in [9.17, 15) is 29.3 Å². The maximum absolute atomic E-state index is 13.4. The molecule has 2 heterocycles. The molecule has 0 spiro atoms. The van der Waals surface area contributed by atoms with Crippen LogP contribution in [0.3, 0.4) is 0 Å². The number of thioether (sulfide) groups is 1. The normalized spacial score (nSPS) is 29.4. The van der Waals surface area contributed by atoms with E-state index in [1.165, 1.54) is 30.0 Å². The molecular weight excluding hydrogens is 465 g/mol. The first-order valence-corrected chi connectivity index (χ1v) is 11.9. The highest BCUT2D eigenvalue weighted by molar-refractivity contribution is 8.00. The first-order valence-electron chi connectivity index (χ1n) is 10.8. The Morgan fingerprint density at radius 3 is 2.56 bits per heavy atom. The third-order valence-corrected chi connectivity index (χ3v) is 7.27. The Balaban J connectivity index is 1.55. The average Bonchev–Trinajstić information content (AvgIpc) is 3.20. The van der Waals surface area contributed by atoms with E-state index in [1.807, 2.05) is 0 Å². The van der Waals surface area contributed by atoms with Gasteiger partial charge in [0, 0.05) is 5.69 Å². The Labute approximate surface area is 200 Å². The maximum Gasteiger partial charge on any atom is 0.338 e. The van der Waals surface area contributed by atoms with E-state index in [0.29, 0.717) is 11.3 Å². The number of nitrogens with zero attached hydrogens (tertiary/aromatic N) is 1. The third-order valence-electron chi connectivity index (χ3n) is 6.06. The number of aliphatic hydroxyl groups excluding tert-OH is 3. The smallest absolute Gasteiger partial charge is 0.338 e. The van der Waals surface area contributed by atoms with Crippen molar-refractivity contribution in [3.05, 3.63) is 65.0 Å². The number of esters is 1. The van der Waals surface area contributed by atoms with Crippen molar-refractivity contribution in [3.63, 3.8) is 0 Å². The number of hydrogen-bond acceptors (Lipinski definition) is 8. The van der Waals surface area contributed by atoms with Crippen molar-refractivity contribution in [2.45, 2.75) is 49.7 Å². The van der Waals surface area contributed by atoms with Crippen molar-refractivity contribution in [1.82, 2.24) is 0 Å². The molecular formula is C24H26FNO7S. The fourth-order valence-corrected chi connectivity index (χ4v) is 5.38. The van der Waals surface area contributed by atoms with E-state index in [2.05, 4.69) is 0 Å². The lowest BCUT2D eigenvalue weighted by Gasteiger charge is -2.40. The molecule has 0 aromatic heterocycles. The van der Waals surface area contributed by atoms with Crippen molar-refractivity contribution in [3.8, 4) is 0 Å². The zero-order valence-corrected chi connectivity index (χ0v) is 19.4. The number of halogens is 1. The van der Waals surface area contributed by atoms with Crippen LogP contribution in [-0.4, -0.2) is 70.1 Å². The topological polar surface area (TPSA) is 117 Å². The molecule has 10 heteroatoms. The summed E-state index contributed by atoms with van der Waals surface area (Å²) in [5, 5.41) is 29.7. The van der Waals surface area contributed by atoms with Gasteiger partial charge in [-0.15, -0.1) is 11.8 Å². The fourth-order valence-electron chi connectivity index (χ4n) is 4.21. The van der Waals surface area contributed by atoms with Gasteiger partial charge in [0.1, 0.15) is 29.5 Å². The van der Waals surface area contributed by atoms with Crippen LogP contribution in [0.1, 0.15) is 33.8 Å². The van der Waals surface area contributed by atoms with Gasteiger partial charge in [0.05, 0.1) is 24.0 Å². The second-order valence-electron chi connectivity index (χ2n) is 8.39. The molecule has 0 saturated carbocycles. The van der Waals surface area contributed by atoms with Crippen LogP contribution in [0, 0.1) is 12.7 Å². The lowest BCUT2D eigenvalue weighted by molar-refractivity contribution is -0.224. The van der Waals surface area contributed by atoms with E-state index >= 15 is 0 Å². The maximum atomic E-state index is 13.4. The number of anilines is 1. The van der Waals surface area contributed by atoms with Gasteiger partial charge < -0.3 is 24.8 Å². The summed E-state index contributed by atoms with van der Waals surface area (Å²) in [5.74, 6) is -0.950. The molecule has 4 rings (SSSR count). The summed E-state index contributed by atoms with van der Waals surface area (Å²) < 4.78 is 24.1. The predicted octanol–water partition coefficient (Wildman–Crippen LogP) is 1.94. The number of carbonyl (C=O) groups excluding carboxylic acids is 2. The Morgan fingerprint density at radius 2 is 1.91 bits per heavy atom. The van der Waals surface area contributed by atoms with Gasteiger partial charge in [0.25, 0.3) is 0 Å².